The third-order valence-corrected chi connectivity index (χ3v) is 8.89. The Labute approximate surface area is 216 Å². The molecule has 11 heteroatoms. The van der Waals surface area contributed by atoms with Gasteiger partial charge in [0.05, 0.1) is 10.9 Å². The molecule has 0 radical (unpaired) electrons. The van der Waals surface area contributed by atoms with Crippen LogP contribution in [-0.2, 0) is 21.0 Å². The summed E-state index contributed by atoms with van der Waals surface area (Å²) in [7, 11) is 0. The molecule has 1 fully saturated rings. The number of carboxylic acids is 1. The number of aromatic nitrogens is 1. The number of carboxylic acid groups (broad SMARTS) is 1. The molecule has 5 rings (SSSR count). The first-order chi connectivity index (χ1) is 16.7. The number of nitrogens with zero attached hydrogens (tertiary/aromatic N) is 1. The van der Waals surface area contributed by atoms with Gasteiger partial charge in [-0.2, -0.15) is 0 Å². The number of ether oxygens (including phenoxy) is 1. The number of rotatable bonds is 6. The van der Waals surface area contributed by atoms with E-state index in [9.17, 15) is 24.3 Å². The quantitative estimate of drug-likeness (QED) is 0.430. The van der Waals surface area contributed by atoms with Gasteiger partial charge in [0.25, 0.3) is 0 Å². The smallest absolute Gasteiger partial charge is 0.323 e. The molecule has 2 amide bonds. The van der Waals surface area contributed by atoms with Gasteiger partial charge in [-0.25, -0.2) is 0 Å². The van der Waals surface area contributed by atoms with Crippen molar-refractivity contribution in [2.75, 3.05) is 6.54 Å². The van der Waals surface area contributed by atoms with Gasteiger partial charge < -0.3 is 14.8 Å². The number of likely N-dealkylation sites (tertiary alicyclic amines) is 1. The fraction of sp³-hybridized carbons (Fsp3) is 0.250. The Bertz CT molecular complexity index is 1420. The summed E-state index contributed by atoms with van der Waals surface area (Å²) in [6, 6.07) is 13.4. The van der Waals surface area contributed by atoms with Gasteiger partial charge in [0.1, 0.15) is 24.2 Å². The lowest BCUT2D eigenvalue weighted by molar-refractivity contribution is -0.149. The molecule has 2 aliphatic heterocycles. The average Bonchev–Trinajstić information content (AvgIpc) is 3.28. The number of aromatic amines is 1. The van der Waals surface area contributed by atoms with Crippen molar-refractivity contribution in [3.8, 4) is 5.75 Å². The minimum atomic E-state index is -1.26. The highest BCUT2D eigenvalue weighted by molar-refractivity contribution is 9.10. The number of thiazole rings is 1. The van der Waals surface area contributed by atoms with E-state index < -0.39 is 41.4 Å². The van der Waals surface area contributed by atoms with Crippen LogP contribution in [0.4, 0.5) is 0 Å². The second-order valence-electron chi connectivity index (χ2n) is 8.37. The van der Waals surface area contributed by atoms with Crippen LogP contribution in [0.2, 0.25) is 0 Å². The topological polar surface area (TPSA) is 117 Å². The van der Waals surface area contributed by atoms with Crippen molar-refractivity contribution in [3.63, 3.8) is 0 Å². The molecule has 180 valence electrons. The van der Waals surface area contributed by atoms with Crippen molar-refractivity contribution >= 4 is 56.8 Å². The summed E-state index contributed by atoms with van der Waals surface area (Å²) < 4.78 is 6.94. The number of aliphatic carboxylic acids is 1. The van der Waals surface area contributed by atoms with E-state index in [1.54, 1.807) is 6.07 Å². The molecule has 2 aromatic carbocycles. The van der Waals surface area contributed by atoms with E-state index in [4.69, 9.17) is 4.74 Å². The van der Waals surface area contributed by atoms with E-state index in [1.807, 2.05) is 43.3 Å². The number of nitrogens with one attached hydrogen (secondary N) is 1. The lowest BCUT2D eigenvalue weighted by Crippen LogP contribution is -2.36. The molecule has 0 spiro atoms. The molecular formula is C24H19BrN2O6S2. The van der Waals surface area contributed by atoms with Crippen molar-refractivity contribution in [2.24, 2.45) is 5.92 Å². The molecule has 8 nitrogen and oxygen atoms in total. The zero-order chi connectivity index (χ0) is 24.9. The second kappa shape index (κ2) is 9.29. The van der Waals surface area contributed by atoms with Crippen molar-refractivity contribution in [1.29, 1.82) is 0 Å². The molecule has 2 N–H and O–H groups in total. The Morgan fingerprint density at radius 1 is 1.17 bits per heavy atom. The Hall–Kier alpha value is -2.89. The highest BCUT2D eigenvalue weighted by Gasteiger charge is 2.56. The fourth-order valence-corrected chi connectivity index (χ4v) is 7.46. The lowest BCUT2D eigenvalue weighted by atomic mass is 9.82. The summed E-state index contributed by atoms with van der Waals surface area (Å²) in [6.07, 6.45) is 0. The molecule has 0 aliphatic carbocycles. The van der Waals surface area contributed by atoms with E-state index in [1.165, 1.54) is 0 Å². The maximum Gasteiger partial charge on any atom is 0.323 e. The van der Waals surface area contributed by atoms with Crippen molar-refractivity contribution < 1.29 is 24.2 Å². The second-order valence-corrected chi connectivity index (χ2v) is 11.4. The van der Waals surface area contributed by atoms with Crippen LogP contribution in [0, 0.1) is 12.8 Å². The molecule has 0 bridgehead atoms. The fourth-order valence-electron chi connectivity index (χ4n) is 4.56. The van der Waals surface area contributed by atoms with E-state index in [0.29, 0.717) is 27.8 Å². The van der Waals surface area contributed by atoms with Crippen molar-refractivity contribution in [1.82, 2.24) is 9.88 Å². The number of halogens is 1. The maximum absolute atomic E-state index is 13.4. The summed E-state index contributed by atoms with van der Waals surface area (Å²) in [5, 5.41) is 8.93. The van der Waals surface area contributed by atoms with Gasteiger partial charge in [0.15, 0.2) is 0 Å². The molecule has 3 atom stereocenters. The van der Waals surface area contributed by atoms with Crippen LogP contribution in [0.25, 0.3) is 0 Å². The number of thioether (sulfide) groups is 1. The van der Waals surface area contributed by atoms with E-state index >= 15 is 0 Å². The van der Waals surface area contributed by atoms with Gasteiger partial charge in [-0.3, -0.25) is 24.1 Å². The van der Waals surface area contributed by atoms with Gasteiger partial charge >= 0.3 is 10.8 Å². The van der Waals surface area contributed by atoms with Crippen LogP contribution >= 0.6 is 39.0 Å². The predicted octanol–water partition coefficient (Wildman–Crippen LogP) is 3.76. The van der Waals surface area contributed by atoms with Crippen LogP contribution in [0.1, 0.15) is 27.5 Å². The number of hydrogen-bond donors (Lipinski definition) is 2. The Balaban J connectivity index is 1.59. The highest BCUT2D eigenvalue weighted by Crippen LogP contribution is 2.54. The number of benzene rings is 2. The normalized spacial score (nSPS) is 21.1. The molecule has 1 aromatic heterocycles. The zero-order valence-corrected chi connectivity index (χ0v) is 21.5. The summed E-state index contributed by atoms with van der Waals surface area (Å²) in [4.78, 5) is 54.0. The van der Waals surface area contributed by atoms with Crippen molar-refractivity contribution in [2.45, 2.75) is 29.7 Å². The number of carbonyl (C=O) groups is 3. The monoisotopic (exact) mass is 574 g/mol. The summed E-state index contributed by atoms with van der Waals surface area (Å²) >= 11 is 5.59. The molecule has 3 aromatic rings. The van der Waals surface area contributed by atoms with Gasteiger partial charge in [-0.1, -0.05) is 68.9 Å². The van der Waals surface area contributed by atoms with Gasteiger partial charge in [0.2, 0.25) is 11.8 Å². The largest absolute Gasteiger partial charge is 0.489 e. The van der Waals surface area contributed by atoms with Crippen LogP contribution in [0.3, 0.4) is 0 Å². The standard InChI is InChI=1S/C24H19BrN2O6S2/c1-11-3-2-4-12(7-11)10-33-15-6-5-13(25)8-14(15)17-18-20(34-21-19(17)35-24(32)26-21)23(31)27(22(18)30)9-16(28)29/h2-8,17-18,20H,9-10H2,1H3,(H,26,32)(H,28,29)/t17-,18+,20-/m0/s1. The molecule has 3 heterocycles. The number of aryl methyl sites for hydroxylation is 1. The molecule has 2 aliphatic rings. The number of carbonyl (C=O) groups excluding carboxylic acids is 2. The molecule has 0 saturated carbocycles. The minimum Gasteiger partial charge on any atom is -0.489 e. The maximum atomic E-state index is 13.4. The van der Waals surface area contributed by atoms with Gasteiger partial charge in [-0.15, -0.1) is 0 Å². The first-order valence-electron chi connectivity index (χ1n) is 10.7. The lowest BCUT2D eigenvalue weighted by Gasteiger charge is -2.31. The summed E-state index contributed by atoms with van der Waals surface area (Å²) in [5.41, 5.74) is 2.73. The number of hydrogen-bond acceptors (Lipinski definition) is 7. The van der Waals surface area contributed by atoms with Crippen LogP contribution in [-0.4, -0.2) is 44.6 Å². The predicted molar refractivity (Wildman–Crippen MR) is 134 cm³/mol. The SMILES string of the molecule is Cc1cccc(COc2ccc(Br)cc2[C@@H]2c3sc(=O)[nH]c3S[C@@H]3C(=O)N(CC(=O)O)C(=O)[C@H]23)c1. The first-order valence-corrected chi connectivity index (χ1v) is 13.2. The van der Waals surface area contributed by atoms with Crippen LogP contribution in [0.15, 0.2) is 56.8 Å². The van der Waals surface area contributed by atoms with Crippen LogP contribution in [0.5, 0.6) is 5.75 Å². The van der Waals surface area contributed by atoms with Crippen molar-refractivity contribution in [3.05, 3.63) is 78.2 Å². The molecule has 35 heavy (non-hydrogen) atoms. The molecule has 0 unspecified atom stereocenters. The average molecular weight is 575 g/mol. The summed E-state index contributed by atoms with van der Waals surface area (Å²) in [6.45, 7) is 1.59. The third kappa shape index (κ3) is 4.43. The Morgan fingerprint density at radius 3 is 2.71 bits per heavy atom. The number of fused-ring (bicyclic) bond motifs is 2. The minimum absolute atomic E-state index is 0.285. The number of H-pyrrole nitrogens is 1. The first kappa shape index (κ1) is 23.8. The molecule has 1 saturated heterocycles. The van der Waals surface area contributed by atoms with Crippen LogP contribution < -0.4 is 9.61 Å². The van der Waals surface area contributed by atoms with E-state index in [2.05, 4.69) is 20.9 Å². The number of amides is 2. The Morgan fingerprint density at radius 2 is 1.97 bits per heavy atom. The van der Waals surface area contributed by atoms with E-state index in [-0.39, 0.29) is 4.87 Å². The van der Waals surface area contributed by atoms with E-state index in [0.717, 1.165) is 43.6 Å². The van der Waals surface area contributed by atoms with Gasteiger partial charge in [-0.05, 0) is 30.7 Å². The van der Waals surface area contributed by atoms with Gasteiger partial charge in [0, 0.05) is 20.8 Å². The summed E-state index contributed by atoms with van der Waals surface area (Å²) in [5.74, 6) is -3.38. The molecular weight excluding hydrogens is 556 g/mol. The highest BCUT2D eigenvalue weighted by atomic mass is 79.9. The Kier molecular flexibility index (Phi) is 6.32. The number of imide groups is 1. The third-order valence-electron chi connectivity index (χ3n) is 5.99. The zero-order valence-electron chi connectivity index (χ0n) is 18.3.